The molecule has 0 bridgehead atoms. The van der Waals surface area contributed by atoms with Crippen LogP contribution >= 0.6 is 11.3 Å². The van der Waals surface area contributed by atoms with Gasteiger partial charge in [-0.2, -0.15) is 0 Å². The maximum atomic E-state index is 13.2. The lowest BCUT2D eigenvalue weighted by Crippen LogP contribution is -2.35. The molecule has 0 aliphatic carbocycles. The molecule has 2 N–H and O–H groups in total. The topological polar surface area (TPSA) is 135 Å². The Morgan fingerprint density at radius 1 is 1.04 bits per heavy atom. The Balaban J connectivity index is 1.02. The highest BCUT2D eigenvalue weighted by atomic mass is 32.1. The number of nitrogens with one attached hydrogen (secondary N) is 2. The number of carbonyl (C=O) groups is 4. The highest BCUT2D eigenvalue weighted by Crippen LogP contribution is 2.38. The lowest BCUT2D eigenvalue weighted by atomic mass is 10.1. The number of hydrogen-bond acceptors (Lipinski definition) is 8. The van der Waals surface area contributed by atoms with Gasteiger partial charge in [0.15, 0.2) is 11.5 Å². The number of anilines is 2. The molecule has 4 heterocycles. The summed E-state index contributed by atoms with van der Waals surface area (Å²) in [7, 11) is 3.26. The van der Waals surface area contributed by atoms with Crippen LogP contribution in [-0.2, 0) is 11.8 Å². The molecule has 256 valence electrons. The molecule has 0 radical (unpaired) electrons. The van der Waals surface area contributed by atoms with Crippen molar-refractivity contribution in [3.8, 4) is 11.5 Å². The van der Waals surface area contributed by atoms with E-state index in [1.165, 1.54) is 18.4 Å². The number of ether oxygens (including phenoxy) is 2. The molecule has 12 nitrogen and oxygen atoms in total. The standard InChI is InChI=1S/C36H40N6O6S/c1-5-41(6-2)36(46)32-16-22-15-23(11-12-31(22)49-32)39-34(44)28-17-24(21-40(28)3)38-33(43)10-8-14-48-30-19-27-26(18-29(30)47-4)35(45)42-13-7-9-25(42)20-37-27/h11-12,15-21,25H,5-10,13-14H2,1-4H3,(H,38,43)(H,39,44). The minimum atomic E-state index is -0.327. The van der Waals surface area contributed by atoms with Crippen LogP contribution in [0.4, 0.5) is 17.1 Å². The zero-order chi connectivity index (χ0) is 34.7. The van der Waals surface area contributed by atoms with Crippen molar-refractivity contribution in [1.29, 1.82) is 0 Å². The van der Waals surface area contributed by atoms with E-state index in [2.05, 4.69) is 15.6 Å². The quantitative estimate of drug-likeness (QED) is 0.173. The van der Waals surface area contributed by atoms with Gasteiger partial charge in [-0.1, -0.05) is 0 Å². The van der Waals surface area contributed by atoms with Gasteiger partial charge in [0.25, 0.3) is 17.7 Å². The van der Waals surface area contributed by atoms with E-state index in [0.29, 0.717) is 70.8 Å². The normalized spacial score (nSPS) is 15.1. The maximum absolute atomic E-state index is 13.2. The third kappa shape index (κ3) is 7.16. The third-order valence-corrected chi connectivity index (χ3v) is 9.92. The molecule has 4 amide bonds. The van der Waals surface area contributed by atoms with Crippen LogP contribution < -0.4 is 20.1 Å². The smallest absolute Gasteiger partial charge is 0.272 e. The molecular formula is C36H40N6O6S. The summed E-state index contributed by atoms with van der Waals surface area (Å²) in [6, 6.07) is 12.5. The molecular weight excluding hydrogens is 644 g/mol. The second-order valence-electron chi connectivity index (χ2n) is 12.0. The lowest BCUT2D eigenvalue weighted by Gasteiger charge is -2.20. The first-order chi connectivity index (χ1) is 23.7. The van der Waals surface area contributed by atoms with Gasteiger partial charge in [0.05, 0.1) is 41.6 Å². The Morgan fingerprint density at radius 2 is 1.86 bits per heavy atom. The van der Waals surface area contributed by atoms with Gasteiger partial charge >= 0.3 is 0 Å². The van der Waals surface area contributed by atoms with Crippen LogP contribution in [0.5, 0.6) is 11.5 Å². The number of amides is 4. The minimum Gasteiger partial charge on any atom is -0.493 e. The first-order valence-corrected chi connectivity index (χ1v) is 17.3. The Morgan fingerprint density at radius 3 is 2.63 bits per heavy atom. The van der Waals surface area contributed by atoms with Crippen molar-refractivity contribution in [2.75, 3.05) is 44.0 Å². The van der Waals surface area contributed by atoms with Gasteiger partial charge in [0.2, 0.25) is 5.91 Å². The first kappa shape index (κ1) is 33.7. The van der Waals surface area contributed by atoms with Gasteiger partial charge < -0.3 is 34.5 Å². The summed E-state index contributed by atoms with van der Waals surface area (Å²) in [5, 5.41) is 6.66. The largest absolute Gasteiger partial charge is 0.493 e. The van der Waals surface area contributed by atoms with Crippen molar-refractivity contribution in [1.82, 2.24) is 14.4 Å². The fraction of sp³-hybridized carbons (Fsp3) is 0.361. The van der Waals surface area contributed by atoms with Gasteiger partial charge in [0.1, 0.15) is 5.69 Å². The minimum absolute atomic E-state index is 0.00172. The van der Waals surface area contributed by atoms with Crippen molar-refractivity contribution >= 4 is 68.3 Å². The monoisotopic (exact) mass is 684 g/mol. The molecule has 0 saturated carbocycles. The summed E-state index contributed by atoms with van der Waals surface area (Å²) in [6.07, 6.45) is 5.99. The van der Waals surface area contributed by atoms with Gasteiger partial charge in [-0.15, -0.1) is 11.3 Å². The van der Waals surface area contributed by atoms with Gasteiger partial charge in [-0.25, -0.2) is 0 Å². The zero-order valence-corrected chi connectivity index (χ0v) is 28.9. The summed E-state index contributed by atoms with van der Waals surface area (Å²) in [5.74, 6) is 0.290. The number of thiophene rings is 1. The molecule has 13 heteroatoms. The summed E-state index contributed by atoms with van der Waals surface area (Å²) >= 11 is 1.44. The number of hydrogen-bond donors (Lipinski definition) is 2. The summed E-state index contributed by atoms with van der Waals surface area (Å²) in [6.45, 7) is 6.16. The SMILES string of the molecule is CCN(CC)C(=O)c1cc2cc(NC(=O)c3cc(NC(=O)CCCOc4cc5c(cc4OC)C(=O)N4CCCC4C=N5)cn3C)ccc2s1. The number of aliphatic imine (C=N–C) groups is 1. The van der Waals surface area contributed by atoms with E-state index in [9.17, 15) is 19.2 Å². The number of fused-ring (bicyclic) bond motifs is 3. The van der Waals surface area contributed by atoms with Crippen LogP contribution in [0.15, 0.2) is 53.7 Å². The molecule has 2 aliphatic heterocycles. The first-order valence-electron chi connectivity index (χ1n) is 16.5. The fourth-order valence-corrected chi connectivity index (χ4v) is 7.22. The number of carbonyl (C=O) groups excluding carboxylic acids is 4. The Bertz CT molecular complexity index is 1940. The highest BCUT2D eigenvalue weighted by Gasteiger charge is 2.32. The Kier molecular flexibility index (Phi) is 10.00. The average Bonchev–Trinajstić information content (AvgIpc) is 3.82. The molecule has 1 atom stereocenters. The average molecular weight is 685 g/mol. The molecule has 2 aromatic carbocycles. The molecule has 1 saturated heterocycles. The van der Waals surface area contributed by atoms with Crippen molar-refractivity contribution < 1.29 is 28.7 Å². The summed E-state index contributed by atoms with van der Waals surface area (Å²) in [4.78, 5) is 60.7. The summed E-state index contributed by atoms with van der Waals surface area (Å²) < 4.78 is 14.1. The van der Waals surface area contributed by atoms with Crippen molar-refractivity contribution in [3.63, 3.8) is 0 Å². The maximum Gasteiger partial charge on any atom is 0.272 e. The molecule has 1 fully saturated rings. The Hall–Kier alpha value is -5.17. The number of methoxy groups -OCH3 is 1. The molecule has 4 aromatic rings. The van der Waals surface area contributed by atoms with Crippen LogP contribution in [0.1, 0.15) is 70.0 Å². The molecule has 1 unspecified atom stereocenters. The number of aromatic nitrogens is 1. The van der Waals surface area contributed by atoms with E-state index < -0.39 is 0 Å². The van der Waals surface area contributed by atoms with Crippen LogP contribution in [0.2, 0.25) is 0 Å². The summed E-state index contributed by atoms with van der Waals surface area (Å²) in [5.41, 5.74) is 2.51. The zero-order valence-electron chi connectivity index (χ0n) is 28.1. The number of nitrogens with zero attached hydrogens (tertiary/aromatic N) is 4. The van der Waals surface area contributed by atoms with E-state index >= 15 is 0 Å². The van der Waals surface area contributed by atoms with Crippen LogP contribution in [0.3, 0.4) is 0 Å². The van der Waals surface area contributed by atoms with Crippen molar-refractivity contribution in [2.45, 2.75) is 45.6 Å². The van der Waals surface area contributed by atoms with Crippen LogP contribution in [-0.4, -0.2) is 83.6 Å². The van der Waals surface area contributed by atoms with Crippen LogP contribution in [0, 0.1) is 0 Å². The predicted molar refractivity (Wildman–Crippen MR) is 191 cm³/mol. The lowest BCUT2D eigenvalue weighted by molar-refractivity contribution is -0.116. The van der Waals surface area contributed by atoms with Crippen molar-refractivity contribution in [2.24, 2.45) is 12.0 Å². The van der Waals surface area contributed by atoms with Crippen molar-refractivity contribution in [3.05, 3.63) is 64.8 Å². The molecule has 0 spiro atoms. The predicted octanol–water partition coefficient (Wildman–Crippen LogP) is 6.10. The van der Waals surface area contributed by atoms with E-state index in [-0.39, 0.29) is 42.7 Å². The molecule has 49 heavy (non-hydrogen) atoms. The number of benzene rings is 2. The van der Waals surface area contributed by atoms with E-state index in [1.807, 2.05) is 49.2 Å². The van der Waals surface area contributed by atoms with Gasteiger partial charge in [-0.05, 0) is 74.9 Å². The third-order valence-electron chi connectivity index (χ3n) is 8.82. The highest BCUT2D eigenvalue weighted by molar-refractivity contribution is 7.20. The number of rotatable bonds is 12. The van der Waals surface area contributed by atoms with E-state index in [1.54, 1.807) is 40.9 Å². The van der Waals surface area contributed by atoms with Crippen LogP contribution in [0.25, 0.3) is 10.1 Å². The second-order valence-corrected chi connectivity index (χ2v) is 13.1. The molecule has 2 aromatic heterocycles. The number of aryl methyl sites for hydroxylation is 1. The molecule has 6 rings (SSSR count). The van der Waals surface area contributed by atoms with E-state index in [4.69, 9.17) is 9.47 Å². The molecule has 2 aliphatic rings. The van der Waals surface area contributed by atoms with Gasteiger partial charge in [-0.3, -0.25) is 24.2 Å². The fourth-order valence-electron chi connectivity index (χ4n) is 6.21. The second kappa shape index (κ2) is 14.5. The van der Waals surface area contributed by atoms with E-state index in [0.717, 1.165) is 22.9 Å². The van der Waals surface area contributed by atoms with Gasteiger partial charge in [0, 0.05) is 62.0 Å². The Labute approximate surface area is 288 Å².